The number of alkyl halides is 2. The van der Waals surface area contributed by atoms with E-state index in [2.05, 4.69) is 12.7 Å². The van der Waals surface area contributed by atoms with Crippen molar-refractivity contribution < 1.29 is 51.0 Å². The predicted octanol–water partition coefficient (Wildman–Crippen LogP) is 3.46. The van der Waals surface area contributed by atoms with Crippen LogP contribution in [0.2, 0.25) is 0 Å². The molecule has 1 aromatic rings. The minimum Gasteiger partial charge on any atom is -0.468 e. The third-order valence-electron chi connectivity index (χ3n) is 2.90. The van der Waals surface area contributed by atoms with Gasteiger partial charge in [0.1, 0.15) is 5.75 Å². The second kappa shape index (κ2) is 9.18. The molecule has 1 radical (unpaired) electrons. The van der Waals surface area contributed by atoms with E-state index in [-0.39, 0.29) is 39.5 Å². The average molecular weight is 381 g/mol. The van der Waals surface area contributed by atoms with E-state index in [0.29, 0.717) is 17.1 Å². The smallest absolute Gasteiger partial charge is 0.256 e. The van der Waals surface area contributed by atoms with E-state index in [1.165, 1.54) is 12.0 Å². The fourth-order valence-corrected chi connectivity index (χ4v) is 1.95. The zero-order valence-corrected chi connectivity index (χ0v) is 15.1. The van der Waals surface area contributed by atoms with E-state index in [0.717, 1.165) is 5.56 Å². The van der Waals surface area contributed by atoms with Crippen LogP contribution in [0.1, 0.15) is 5.56 Å². The Morgan fingerprint density at radius 3 is 2.55 bits per heavy atom. The van der Waals surface area contributed by atoms with E-state index >= 15 is 0 Å². The predicted molar refractivity (Wildman–Crippen MR) is 76.6 cm³/mol. The van der Waals surface area contributed by atoms with Gasteiger partial charge in [-0.25, -0.2) is 8.78 Å². The van der Waals surface area contributed by atoms with Gasteiger partial charge in [-0.1, -0.05) is 17.8 Å². The van der Waals surface area contributed by atoms with Crippen LogP contribution >= 0.6 is 0 Å². The van der Waals surface area contributed by atoms with Crippen LogP contribution in [0.15, 0.2) is 48.7 Å². The van der Waals surface area contributed by atoms with Gasteiger partial charge in [-0.15, -0.1) is 18.2 Å². The first-order chi connectivity index (χ1) is 10.1. The van der Waals surface area contributed by atoms with Crippen molar-refractivity contribution in [1.82, 2.24) is 4.90 Å². The Bertz CT molecular complexity index is 556. The van der Waals surface area contributed by atoms with Gasteiger partial charge in [0.25, 0.3) is 6.43 Å². The number of nitrogens with zero attached hydrogens (tertiary/aromatic N) is 1. The summed E-state index contributed by atoms with van der Waals surface area (Å²) in [4.78, 5) is 1.45. The zero-order chi connectivity index (χ0) is 15.2. The molecule has 1 aromatic carbocycles. The van der Waals surface area contributed by atoms with Crippen molar-refractivity contribution in [2.75, 3.05) is 20.4 Å². The van der Waals surface area contributed by atoms with Gasteiger partial charge in [0.15, 0.2) is 6.79 Å². The number of hydrogen-bond donors (Lipinski definition) is 0. The maximum atomic E-state index is 12.7. The topological polar surface area (TPSA) is 21.7 Å². The van der Waals surface area contributed by atoms with Crippen LogP contribution in [0.4, 0.5) is 8.78 Å². The molecule has 0 saturated carbocycles. The van der Waals surface area contributed by atoms with Gasteiger partial charge in [-0.05, 0) is 17.8 Å². The Kier molecular flexibility index (Phi) is 7.93. The molecule has 0 saturated heterocycles. The van der Waals surface area contributed by atoms with Gasteiger partial charge in [-0.3, -0.25) is 0 Å². The van der Waals surface area contributed by atoms with Crippen LogP contribution in [-0.2, 0) is 37.4 Å². The number of ether oxygens (including phenoxy) is 2. The molecule has 2 rings (SSSR count). The van der Waals surface area contributed by atoms with E-state index in [4.69, 9.17) is 9.47 Å². The molecule has 1 aliphatic rings. The molecule has 115 valence electrons. The van der Waals surface area contributed by atoms with E-state index in [1.807, 2.05) is 0 Å². The van der Waals surface area contributed by atoms with Gasteiger partial charge >= 0.3 is 0 Å². The molecule has 0 unspecified atom stereocenters. The minimum atomic E-state index is -2.45. The minimum absolute atomic E-state index is 0. The van der Waals surface area contributed by atoms with E-state index < -0.39 is 13.0 Å². The van der Waals surface area contributed by atoms with Gasteiger partial charge in [0, 0.05) is 39.8 Å². The molecule has 0 spiro atoms. The summed E-state index contributed by atoms with van der Waals surface area (Å²) in [6, 6.07) is 7.09. The van der Waals surface area contributed by atoms with Gasteiger partial charge in [0.2, 0.25) is 0 Å². The molecule has 0 fully saturated rings. The maximum absolute atomic E-state index is 12.7. The summed E-state index contributed by atoms with van der Waals surface area (Å²) >= 11 is 0. The molecule has 22 heavy (non-hydrogen) atoms. The number of allylic oxidation sites excluding steroid dienone is 3. The van der Waals surface area contributed by atoms with Gasteiger partial charge in [-0.2, -0.15) is 12.2 Å². The first kappa shape index (κ1) is 19.0. The fourth-order valence-electron chi connectivity index (χ4n) is 1.95. The Morgan fingerprint density at radius 1 is 1.27 bits per heavy atom. The molecule has 0 aromatic heterocycles. The van der Waals surface area contributed by atoms with Crippen molar-refractivity contribution >= 4 is 5.70 Å². The summed E-state index contributed by atoms with van der Waals surface area (Å²) < 4.78 is 35.5. The number of methoxy groups -OCH3 is 1. The Labute approximate surface area is 154 Å². The van der Waals surface area contributed by atoms with Crippen molar-refractivity contribution in [3.05, 3.63) is 60.3 Å². The summed E-state index contributed by atoms with van der Waals surface area (Å²) in [6.45, 7) is 3.53. The van der Waals surface area contributed by atoms with Crippen molar-refractivity contribution in [3.8, 4) is 5.75 Å². The molecule has 0 aliphatic carbocycles. The third kappa shape index (κ3) is 5.01. The molecule has 0 bridgehead atoms. The summed E-state index contributed by atoms with van der Waals surface area (Å²) in [6.07, 6.45) is 3.87. The fraction of sp³-hybridized carbons (Fsp3) is 0.250. The van der Waals surface area contributed by atoms with E-state index in [1.54, 1.807) is 36.4 Å². The van der Waals surface area contributed by atoms with Crippen LogP contribution in [0.5, 0.6) is 5.75 Å². The Morgan fingerprint density at radius 2 is 1.95 bits per heavy atom. The van der Waals surface area contributed by atoms with Crippen LogP contribution in [-0.4, -0.2) is 31.8 Å². The number of halogens is 2. The summed E-state index contributed by atoms with van der Waals surface area (Å²) in [5.41, 5.74) is 1.86. The van der Waals surface area contributed by atoms with E-state index in [9.17, 15) is 8.78 Å². The first-order valence-corrected chi connectivity index (χ1v) is 6.38. The number of benzene rings is 1. The molecule has 1 heterocycles. The SMILES string of the molecule is C=C1C=C[C-]=C(c2ccc(OCOC)cc2)N1CC(F)F.[Y]. The molecule has 1 aliphatic heterocycles. The third-order valence-corrected chi connectivity index (χ3v) is 2.90. The molecular weight excluding hydrogens is 365 g/mol. The number of rotatable bonds is 6. The Hall–Kier alpha value is -1.04. The largest absolute Gasteiger partial charge is 0.468 e. The van der Waals surface area contributed by atoms with Crippen LogP contribution < -0.4 is 4.74 Å². The average Bonchev–Trinajstić information content (AvgIpc) is 2.47. The monoisotopic (exact) mass is 381 g/mol. The second-order valence-electron chi connectivity index (χ2n) is 4.39. The quantitative estimate of drug-likeness (QED) is 0.557. The first-order valence-electron chi connectivity index (χ1n) is 6.38. The van der Waals surface area contributed by atoms with Gasteiger partial charge in [0.05, 0.1) is 6.54 Å². The molecule has 0 atom stereocenters. The molecule has 3 nitrogen and oxygen atoms in total. The normalized spacial score (nSPS) is 13.9. The molecule has 0 amide bonds. The number of hydrogen-bond acceptors (Lipinski definition) is 3. The second-order valence-corrected chi connectivity index (χ2v) is 4.39. The van der Waals surface area contributed by atoms with Crippen LogP contribution in [0.3, 0.4) is 0 Å². The zero-order valence-electron chi connectivity index (χ0n) is 12.3. The van der Waals surface area contributed by atoms with Crippen molar-refractivity contribution in [3.63, 3.8) is 0 Å². The standard InChI is InChI=1S/C16H16F2NO2.Y/c1-12-4-3-5-15(19(12)10-16(17)18)13-6-8-14(9-7-13)21-11-20-2;/h3-4,6-9,16H,1,10-11H2,2H3;/q-1;. The Balaban J connectivity index is 0.00000242. The summed E-state index contributed by atoms with van der Waals surface area (Å²) in [5.74, 6) is 0.645. The van der Waals surface area contributed by atoms with Crippen LogP contribution in [0, 0.1) is 6.08 Å². The summed E-state index contributed by atoms with van der Waals surface area (Å²) in [5, 5.41) is 0. The summed E-state index contributed by atoms with van der Waals surface area (Å²) in [7, 11) is 1.54. The van der Waals surface area contributed by atoms with Gasteiger partial charge < -0.3 is 14.4 Å². The molecule has 0 N–H and O–H groups in total. The molecular formula is C16H16F2NO2Y-. The molecule has 6 heteroatoms. The van der Waals surface area contributed by atoms with Crippen molar-refractivity contribution in [2.45, 2.75) is 6.43 Å². The van der Waals surface area contributed by atoms with Crippen LogP contribution in [0.25, 0.3) is 5.70 Å². The maximum Gasteiger partial charge on any atom is 0.256 e. The van der Waals surface area contributed by atoms with Crippen molar-refractivity contribution in [1.29, 1.82) is 0 Å². The van der Waals surface area contributed by atoms with Crippen molar-refractivity contribution in [2.24, 2.45) is 0 Å².